The van der Waals surface area contributed by atoms with E-state index in [1.54, 1.807) is 18.4 Å². The maximum Gasteiger partial charge on any atom is 0.123 e. The first kappa shape index (κ1) is 11.9. The number of halogens is 1. The molecule has 2 nitrogen and oxygen atoms in total. The Labute approximate surface area is 100 Å². The molecule has 1 aromatic heterocycles. The molecule has 1 atom stereocenters. The van der Waals surface area contributed by atoms with Crippen LogP contribution in [0.25, 0.3) is 0 Å². The lowest BCUT2D eigenvalue weighted by molar-refractivity contribution is 0.505. The zero-order valence-corrected chi connectivity index (χ0v) is 9.82. The van der Waals surface area contributed by atoms with E-state index in [1.807, 2.05) is 13.0 Å². The largest absolute Gasteiger partial charge is 0.469 e. The minimum atomic E-state index is -0.222. The van der Waals surface area contributed by atoms with Crippen molar-refractivity contribution in [3.8, 4) is 0 Å². The predicted octanol–water partition coefficient (Wildman–Crippen LogP) is 3.22. The molecule has 90 valence electrons. The van der Waals surface area contributed by atoms with Crippen molar-refractivity contribution in [1.29, 1.82) is 0 Å². The number of benzene rings is 1. The van der Waals surface area contributed by atoms with Crippen molar-refractivity contribution in [3.05, 3.63) is 59.3 Å². The van der Waals surface area contributed by atoms with Crippen LogP contribution in [0.2, 0.25) is 0 Å². The molecule has 0 saturated heterocycles. The van der Waals surface area contributed by atoms with Crippen molar-refractivity contribution in [2.75, 3.05) is 0 Å². The average Bonchev–Trinajstić information content (AvgIpc) is 2.80. The second kappa shape index (κ2) is 5.15. The van der Waals surface area contributed by atoms with Crippen LogP contribution < -0.4 is 5.73 Å². The first-order valence-electron chi connectivity index (χ1n) is 5.77. The molecule has 1 heterocycles. The lowest BCUT2D eigenvalue weighted by Gasteiger charge is -2.11. The van der Waals surface area contributed by atoms with Crippen LogP contribution in [-0.2, 0) is 12.8 Å². The van der Waals surface area contributed by atoms with E-state index in [-0.39, 0.29) is 11.9 Å². The van der Waals surface area contributed by atoms with Gasteiger partial charge in [-0.15, -0.1) is 0 Å². The van der Waals surface area contributed by atoms with Gasteiger partial charge >= 0.3 is 0 Å². The summed E-state index contributed by atoms with van der Waals surface area (Å²) in [6.45, 7) is 2.03. The van der Waals surface area contributed by atoms with Gasteiger partial charge in [0.25, 0.3) is 0 Å². The molecule has 0 amide bonds. The van der Waals surface area contributed by atoms with Gasteiger partial charge in [-0.25, -0.2) is 4.39 Å². The summed E-state index contributed by atoms with van der Waals surface area (Å²) in [6, 6.07) is 8.25. The first-order valence-corrected chi connectivity index (χ1v) is 5.77. The van der Waals surface area contributed by atoms with E-state index in [0.29, 0.717) is 6.42 Å². The van der Waals surface area contributed by atoms with Gasteiger partial charge in [-0.2, -0.15) is 0 Å². The summed E-state index contributed by atoms with van der Waals surface area (Å²) in [5.41, 5.74) is 8.20. The number of furan rings is 1. The van der Waals surface area contributed by atoms with Crippen LogP contribution in [0, 0.1) is 5.82 Å². The number of nitrogens with two attached hydrogens (primary N) is 1. The van der Waals surface area contributed by atoms with Crippen molar-refractivity contribution in [3.63, 3.8) is 0 Å². The maximum atomic E-state index is 12.8. The molecule has 0 aliphatic heterocycles. The molecule has 0 aliphatic rings. The molecule has 17 heavy (non-hydrogen) atoms. The van der Waals surface area contributed by atoms with Gasteiger partial charge in [-0.05, 0) is 30.2 Å². The van der Waals surface area contributed by atoms with E-state index in [4.69, 9.17) is 10.2 Å². The van der Waals surface area contributed by atoms with Gasteiger partial charge in [0, 0.05) is 18.0 Å². The minimum Gasteiger partial charge on any atom is -0.469 e. The standard InChI is InChI=1S/C14H16FNO/c1-2-14-12(7-8-17-14)13(16)9-10-3-5-11(15)6-4-10/h3-8,13H,2,9,16H2,1H3. The number of aryl methyl sites for hydroxylation is 1. The summed E-state index contributed by atoms with van der Waals surface area (Å²) in [5.74, 6) is 0.708. The summed E-state index contributed by atoms with van der Waals surface area (Å²) in [7, 11) is 0. The molecule has 0 bridgehead atoms. The van der Waals surface area contributed by atoms with Gasteiger partial charge in [0.05, 0.1) is 6.26 Å². The lowest BCUT2D eigenvalue weighted by Crippen LogP contribution is -2.14. The third-order valence-electron chi connectivity index (χ3n) is 2.87. The second-order valence-electron chi connectivity index (χ2n) is 4.09. The molecular formula is C14H16FNO. The van der Waals surface area contributed by atoms with E-state index in [9.17, 15) is 4.39 Å². The van der Waals surface area contributed by atoms with Gasteiger partial charge < -0.3 is 10.2 Å². The quantitative estimate of drug-likeness (QED) is 0.880. The fourth-order valence-electron chi connectivity index (χ4n) is 1.95. The maximum absolute atomic E-state index is 12.8. The highest BCUT2D eigenvalue weighted by Gasteiger charge is 2.13. The van der Waals surface area contributed by atoms with Crippen LogP contribution in [0.4, 0.5) is 4.39 Å². The highest BCUT2D eigenvalue weighted by atomic mass is 19.1. The summed E-state index contributed by atoms with van der Waals surface area (Å²) in [6.07, 6.45) is 3.19. The Hall–Kier alpha value is -1.61. The van der Waals surface area contributed by atoms with Gasteiger partial charge in [0.2, 0.25) is 0 Å². The molecule has 0 saturated carbocycles. The topological polar surface area (TPSA) is 39.2 Å². The van der Waals surface area contributed by atoms with Crippen LogP contribution in [0.1, 0.15) is 29.9 Å². The zero-order valence-electron chi connectivity index (χ0n) is 9.82. The van der Waals surface area contributed by atoms with Crippen LogP contribution in [0.5, 0.6) is 0 Å². The molecule has 0 spiro atoms. The normalized spacial score (nSPS) is 12.6. The third-order valence-corrected chi connectivity index (χ3v) is 2.87. The van der Waals surface area contributed by atoms with E-state index in [0.717, 1.165) is 23.3 Å². The summed E-state index contributed by atoms with van der Waals surface area (Å²) >= 11 is 0. The predicted molar refractivity (Wildman–Crippen MR) is 65.1 cm³/mol. The first-order chi connectivity index (χ1) is 8.20. The monoisotopic (exact) mass is 233 g/mol. The van der Waals surface area contributed by atoms with Crippen molar-refractivity contribution in [2.24, 2.45) is 5.73 Å². The molecule has 3 heteroatoms. The molecule has 2 rings (SSSR count). The zero-order chi connectivity index (χ0) is 12.3. The van der Waals surface area contributed by atoms with Gasteiger partial charge in [-0.1, -0.05) is 19.1 Å². The average molecular weight is 233 g/mol. The Balaban J connectivity index is 2.11. The van der Waals surface area contributed by atoms with Crippen molar-refractivity contribution in [1.82, 2.24) is 0 Å². The van der Waals surface area contributed by atoms with E-state index < -0.39 is 0 Å². The molecule has 1 aromatic carbocycles. The summed E-state index contributed by atoms with van der Waals surface area (Å²) < 4.78 is 18.1. The van der Waals surface area contributed by atoms with Crippen LogP contribution >= 0.6 is 0 Å². The Morgan fingerprint density at radius 3 is 2.59 bits per heavy atom. The third kappa shape index (κ3) is 2.74. The van der Waals surface area contributed by atoms with Gasteiger partial charge in [0.15, 0.2) is 0 Å². The number of hydrogen-bond donors (Lipinski definition) is 1. The highest BCUT2D eigenvalue weighted by molar-refractivity contribution is 5.25. The fraction of sp³-hybridized carbons (Fsp3) is 0.286. The Kier molecular flexibility index (Phi) is 3.59. The fourth-order valence-corrected chi connectivity index (χ4v) is 1.95. The van der Waals surface area contributed by atoms with Crippen molar-refractivity contribution >= 4 is 0 Å². The minimum absolute atomic E-state index is 0.103. The summed E-state index contributed by atoms with van der Waals surface area (Å²) in [4.78, 5) is 0. The Morgan fingerprint density at radius 2 is 1.94 bits per heavy atom. The van der Waals surface area contributed by atoms with Gasteiger partial charge in [-0.3, -0.25) is 0 Å². The molecule has 1 unspecified atom stereocenters. The van der Waals surface area contributed by atoms with Gasteiger partial charge in [0.1, 0.15) is 11.6 Å². The molecule has 2 N–H and O–H groups in total. The molecular weight excluding hydrogens is 217 g/mol. The lowest BCUT2D eigenvalue weighted by atomic mass is 9.99. The highest BCUT2D eigenvalue weighted by Crippen LogP contribution is 2.21. The van der Waals surface area contributed by atoms with E-state index >= 15 is 0 Å². The van der Waals surface area contributed by atoms with E-state index in [2.05, 4.69) is 0 Å². The molecule has 2 aromatic rings. The van der Waals surface area contributed by atoms with Crippen molar-refractivity contribution in [2.45, 2.75) is 25.8 Å². The van der Waals surface area contributed by atoms with Crippen LogP contribution in [-0.4, -0.2) is 0 Å². The smallest absolute Gasteiger partial charge is 0.123 e. The van der Waals surface area contributed by atoms with Crippen LogP contribution in [0.15, 0.2) is 41.0 Å². The molecule has 0 aliphatic carbocycles. The van der Waals surface area contributed by atoms with E-state index in [1.165, 1.54) is 12.1 Å². The van der Waals surface area contributed by atoms with Crippen LogP contribution in [0.3, 0.4) is 0 Å². The van der Waals surface area contributed by atoms with Crippen molar-refractivity contribution < 1.29 is 8.81 Å². The summed E-state index contributed by atoms with van der Waals surface area (Å²) in [5, 5.41) is 0. The number of hydrogen-bond acceptors (Lipinski definition) is 2. The number of rotatable bonds is 4. The Morgan fingerprint density at radius 1 is 1.24 bits per heavy atom. The second-order valence-corrected chi connectivity index (χ2v) is 4.09. The Bertz CT molecular complexity index is 475. The molecule has 0 radical (unpaired) electrons. The molecule has 0 fully saturated rings. The SMILES string of the molecule is CCc1occc1C(N)Cc1ccc(F)cc1.